The lowest BCUT2D eigenvalue weighted by atomic mass is 9.49. The van der Waals surface area contributed by atoms with E-state index in [9.17, 15) is 0 Å². The molecule has 2 unspecified atom stereocenters. The van der Waals surface area contributed by atoms with Gasteiger partial charge in [0.2, 0.25) is 0 Å². The Bertz CT molecular complexity index is 3470. The second-order valence-corrected chi connectivity index (χ2v) is 17.0. The third-order valence-electron chi connectivity index (χ3n) is 14.4. The van der Waals surface area contributed by atoms with Gasteiger partial charge in [-0.1, -0.05) is 194 Å². The molecule has 278 valence electrons. The molecular formula is C59H36O. The summed E-state index contributed by atoms with van der Waals surface area (Å²) < 4.78 is 7.15. The van der Waals surface area contributed by atoms with Gasteiger partial charge in [-0.2, -0.15) is 0 Å². The van der Waals surface area contributed by atoms with Crippen molar-refractivity contribution in [1.29, 1.82) is 0 Å². The van der Waals surface area contributed by atoms with Crippen molar-refractivity contribution in [2.45, 2.75) is 16.7 Å². The molecule has 60 heavy (non-hydrogen) atoms. The minimum Gasteiger partial charge on any atom is -0.456 e. The van der Waals surface area contributed by atoms with Gasteiger partial charge < -0.3 is 4.74 Å². The monoisotopic (exact) mass is 760 g/mol. The molecule has 1 aliphatic heterocycles. The van der Waals surface area contributed by atoms with E-state index in [0.29, 0.717) is 5.92 Å². The van der Waals surface area contributed by atoms with Gasteiger partial charge >= 0.3 is 0 Å². The summed E-state index contributed by atoms with van der Waals surface area (Å²) in [6.07, 6.45) is 7.18. The first kappa shape index (κ1) is 32.5. The van der Waals surface area contributed by atoms with Gasteiger partial charge in [0.1, 0.15) is 11.5 Å². The van der Waals surface area contributed by atoms with E-state index in [0.717, 1.165) is 16.9 Å². The van der Waals surface area contributed by atoms with Crippen LogP contribution in [0.2, 0.25) is 0 Å². The molecular weight excluding hydrogens is 725 g/mol. The van der Waals surface area contributed by atoms with Crippen molar-refractivity contribution in [3.05, 3.63) is 274 Å². The van der Waals surface area contributed by atoms with Crippen LogP contribution in [0.3, 0.4) is 0 Å². The van der Waals surface area contributed by atoms with E-state index in [1.165, 1.54) is 99.6 Å². The van der Waals surface area contributed by atoms with Crippen LogP contribution < -0.4 is 4.74 Å². The highest BCUT2D eigenvalue weighted by atomic mass is 16.5. The second kappa shape index (κ2) is 11.6. The quantitative estimate of drug-likeness (QED) is 0.174. The molecule has 5 aliphatic rings. The molecule has 1 heteroatoms. The molecule has 14 rings (SSSR count). The Morgan fingerprint density at radius 3 is 2.03 bits per heavy atom. The summed E-state index contributed by atoms with van der Waals surface area (Å²) in [7, 11) is 0. The average Bonchev–Trinajstić information content (AvgIpc) is 3.62. The minimum absolute atomic E-state index is 0.323. The topological polar surface area (TPSA) is 9.23 Å². The van der Waals surface area contributed by atoms with Crippen molar-refractivity contribution in [1.82, 2.24) is 0 Å². The molecule has 3 atom stereocenters. The highest BCUT2D eigenvalue weighted by molar-refractivity contribution is 6.04. The molecule has 1 nitrogen and oxygen atoms in total. The first-order valence-electron chi connectivity index (χ1n) is 21.1. The molecule has 0 amide bonds. The summed E-state index contributed by atoms with van der Waals surface area (Å²) in [4.78, 5) is 0. The summed E-state index contributed by atoms with van der Waals surface area (Å²) >= 11 is 0. The van der Waals surface area contributed by atoms with Gasteiger partial charge in [-0.25, -0.2) is 0 Å². The van der Waals surface area contributed by atoms with E-state index in [2.05, 4.69) is 212 Å². The van der Waals surface area contributed by atoms with Crippen molar-refractivity contribution < 1.29 is 4.74 Å². The van der Waals surface area contributed by atoms with Gasteiger partial charge in [0.15, 0.2) is 0 Å². The van der Waals surface area contributed by atoms with E-state index < -0.39 is 10.8 Å². The maximum absolute atomic E-state index is 7.15. The molecule has 0 saturated carbocycles. The van der Waals surface area contributed by atoms with Crippen LogP contribution in [-0.4, -0.2) is 0 Å². The standard InChI is InChI=1S/C59H36O/c1-2-17-39(18-3-1)58(49-25-10-8-22-43(49)44-31-29-36-15-4-5-20-41(36)56(44)58)40-19-14-16-37(33-40)47-35-53-57(45-23-7-6-21-42(45)47)60-54-28-13-12-27-52(54)59(53)50-26-11-9-24-46(50)55-38-30-32-51(59)48(55)34-38/h1-35,55H/t55-,58?,59?/m0/s1. The minimum atomic E-state index is -0.560. The van der Waals surface area contributed by atoms with Crippen LogP contribution in [0.15, 0.2) is 229 Å². The van der Waals surface area contributed by atoms with Crippen LogP contribution in [0.25, 0.3) is 43.8 Å². The number of para-hydroxylation sites is 1. The summed E-state index contributed by atoms with van der Waals surface area (Å²) in [6.45, 7) is 0. The maximum Gasteiger partial charge on any atom is 0.140 e. The van der Waals surface area contributed by atoms with Gasteiger partial charge in [-0.3, -0.25) is 0 Å². The van der Waals surface area contributed by atoms with Gasteiger partial charge in [0, 0.05) is 22.4 Å². The molecule has 4 bridgehead atoms. The van der Waals surface area contributed by atoms with Crippen LogP contribution in [0.4, 0.5) is 0 Å². The summed E-state index contributed by atoms with van der Waals surface area (Å²) in [6, 6.07) is 72.6. The zero-order chi connectivity index (χ0) is 39.2. The molecule has 1 spiro atoms. The Morgan fingerprint density at radius 1 is 0.433 bits per heavy atom. The van der Waals surface area contributed by atoms with Crippen molar-refractivity contribution in [3.63, 3.8) is 0 Å². The number of benzene rings is 9. The van der Waals surface area contributed by atoms with E-state index in [-0.39, 0.29) is 0 Å². The lowest BCUT2D eigenvalue weighted by molar-refractivity contribution is 0.433. The summed E-state index contributed by atoms with van der Waals surface area (Å²) in [5, 5.41) is 4.84. The fourth-order valence-corrected chi connectivity index (χ4v) is 12.1. The molecule has 0 fully saturated rings. The van der Waals surface area contributed by atoms with Gasteiger partial charge in [-0.05, 0) is 107 Å². The number of hydrogen-bond acceptors (Lipinski definition) is 1. The maximum atomic E-state index is 7.15. The van der Waals surface area contributed by atoms with Gasteiger partial charge in [-0.15, -0.1) is 0 Å². The van der Waals surface area contributed by atoms with E-state index in [4.69, 9.17) is 4.74 Å². The first-order valence-corrected chi connectivity index (χ1v) is 21.1. The number of rotatable bonds is 3. The Balaban J connectivity index is 1.09. The van der Waals surface area contributed by atoms with Crippen molar-refractivity contribution in [3.8, 4) is 33.8 Å². The number of fused-ring (bicyclic) bond motifs is 14. The Hall–Kier alpha value is -7.48. The Kier molecular flexibility index (Phi) is 6.27. The second-order valence-electron chi connectivity index (χ2n) is 17.0. The molecule has 0 saturated heterocycles. The highest BCUT2D eigenvalue weighted by Gasteiger charge is 2.56. The van der Waals surface area contributed by atoms with Crippen molar-refractivity contribution >= 4 is 21.5 Å². The zero-order valence-corrected chi connectivity index (χ0v) is 32.7. The van der Waals surface area contributed by atoms with E-state index in [1.807, 2.05) is 0 Å². The summed E-state index contributed by atoms with van der Waals surface area (Å²) in [5.41, 5.74) is 18.4. The fraction of sp³-hybridized carbons (Fsp3) is 0.0508. The smallest absolute Gasteiger partial charge is 0.140 e. The lowest BCUT2D eigenvalue weighted by Crippen LogP contribution is -2.43. The van der Waals surface area contributed by atoms with Gasteiger partial charge in [0.05, 0.1) is 10.8 Å². The average molecular weight is 761 g/mol. The van der Waals surface area contributed by atoms with E-state index >= 15 is 0 Å². The number of ether oxygens (including phenoxy) is 1. The van der Waals surface area contributed by atoms with Crippen LogP contribution >= 0.6 is 0 Å². The third-order valence-corrected chi connectivity index (χ3v) is 14.4. The number of hydrogen-bond donors (Lipinski definition) is 0. The Morgan fingerprint density at radius 2 is 1.15 bits per heavy atom. The highest BCUT2D eigenvalue weighted by Crippen LogP contribution is 2.68. The van der Waals surface area contributed by atoms with E-state index in [1.54, 1.807) is 0 Å². The Labute approximate surface area is 348 Å². The van der Waals surface area contributed by atoms with Crippen LogP contribution in [0, 0.1) is 0 Å². The largest absolute Gasteiger partial charge is 0.456 e. The summed E-state index contributed by atoms with van der Waals surface area (Å²) in [5.74, 6) is 2.19. The zero-order valence-electron chi connectivity index (χ0n) is 32.7. The number of allylic oxidation sites excluding steroid dienone is 6. The molecule has 9 aromatic rings. The molecule has 0 N–H and O–H groups in total. The predicted octanol–water partition coefficient (Wildman–Crippen LogP) is 14.4. The van der Waals surface area contributed by atoms with Gasteiger partial charge in [0.25, 0.3) is 0 Å². The fourth-order valence-electron chi connectivity index (χ4n) is 12.1. The lowest BCUT2D eigenvalue weighted by Gasteiger charge is -2.53. The van der Waals surface area contributed by atoms with Crippen molar-refractivity contribution in [2.75, 3.05) is 0 Å². The molecule has 0 radical (unpaired) electrons. The predicted molar refractivity (Wildman–Crippen MR) is 244 cm³/mol. The van der Waals surface area contributed by atoms with Crippen LogP contribution in [-0.2, 0) is 10.8 Å². The SMILES string of the molecule is c1ccc(C2(c3cccc(-c4cc5c(c6ccccc46)Oc4ccccc4C54c5ccccc5[C@@H]5c6ccc4c5c6)c3)c3ccccc3-c3ccc4ccccc4c32)cc1. The van der Waals surface area contributed by atoms with Crippen LogP contribution in [0.1, 0.15) is 50.4 Å². The third kappa shape index (κ3) is 3.84. The molecule has 9 aromatic carbocycles. The van der Waals surface area contributed by atoms with Crippen LogP contribution in [0.5, 0.6) is 11.5 Å². The molecule has 4 aliphatic carbocycles. The van der Waals surface area contributed by atoms with Crippen molar-refractivity contribution in [2.24, 2.45) is 0 Å². The first-order chi connectivity index (χ1) is 29.8. The molecule has 0 aromatic heterocycles. The normalized spacial score (nSPS) is 20.7. The molecule has 1 heterocycles.